The van der Waals surface area contributed by atoms with Crippen LogP contribution in [0.25, 0.3) is 11.1 Å². The number of esters is 1. The molecule has 2 aliphatic rings. The van der Waals surface area contributed by atoms with Gasteiger partial charge in [0.25, 0.3) is 0 Å². The van der Waals surface area contributed by atoms with Crippen molar-refractivity contribution in [2.24, 2.45) is 11.7 Å². The van der Waals surface area contributed by atoms with Gasteiger partial charge in [-0.3, -0.25) is 10.2 Å². The summed E-state index contributed by atoms with van der Waals surface area (Å²) < 4.78 is 5.71. The average Bonchev–Trinajstić information content (AvgIpc) is 3.16. The highest BCUT2D eigenvalue weighted by molar-refractivity contribution is 5.78. The average molecular weight is 378 g/mol. The summed E-state index contributed by atoms with van der Waals surface area (Å²) in [6.07, 6.45) is 5.01. The van der Waals surface area contributed by atoms with Crippen LogP contribution < -0.4 is 5.73 Å². The van der Waals surface area contributed by atoms with E-state index in [1.54, 1.807) is 12.1 Å². The molecule has 4 N–H and O–H groups in total. The zero-order chi connectivity index (χ0) is 19.7. The van der Waals surface area contributed by atoms with Gasteiger partial charge in [-0.25, -0.2) is 0 Å². The van der Waals surface area contributed by atoms with Crippen LogP contribution in [0.1, 0.15) is 49.1 Å². The Morgan fingerprint density at radius 3 is 2.61 bits per heavy atom. The van der Waals surface area contributed by atoms with Crippen molar-refractivity contribution in [2.75, 3.05) is 0 Å². The molecule has 146 valence electrons. The molecule has 0 bridgehead atoms. The lowest BCUT2D eigenvalue weighted by Crippen LogP contribution is -2.15. The fourth-order valence-electron chi connectivity index (χ4n) is 4.60. The molecule has 1 aliphatic heterocycles. The molecule has 28 heavy (non-hydrogen) atoms. The summed E-state index contributed by atoms with van der Waals surface area (Å²) in [5.41, 5.74) is 10.1. The monoisotopic (exact) mass is 378 g/mol. The second-order valence-electron chi connectivity index (χ2n) is 7.90. The molecule has 0 spiro atoms. The lowest BCUT2D eigenvalue weighted by Gasteiger charge is -2.16. The zero-order valence-corrected chi connectivity index (χ0v) is 15.9. The van der Waals surface area contributed by atoms with Gasteiger partial charge in [-0.2, -0.15) is 0 Å². The van der Waals surface area contributed by atoms with Gasteiger partial charge in [0.1, 0.15) is 11.9 Å². The Balaban J connectivity index is 1.51. The summed E-state index contributed by atoms with van der Waals surface area (Å²) in [4.78, 5) is 12.5. The third-order valence-corrected chi connectivity index (χ3v) is 5.99. The maximum absolute atomic E-state index is 12.5. The largest absolute Gasteiger partial charge is 0.508 e. The molecule has 3 atom stereocenters. The van der Waals surface area contributed by atoms with Crippen molar-refractivity contribution in [2.45, 2.75) is 50.5 Å². The number of hydrogen-bond donors (Lipinski definition) is 3. The van der Waals surface area contributed by atoms with E-state index in [-0.39, 0.29) is 35.5 Å². The van der Waals surface area contributed by atoms with Crippen molar-refractivity contribution in [1.82, 2.24) is 0 Å². The van der Waals surface area contributed by atoms with Gasteiger partial charge in [-0.1, -0.05) is 43.2 Å². The molecule has 1 aliphatic carbocycles. The van der Waals surface area contributed by atoms with E-state index >= 15 is 0 Å². The van der Waals surface area contributed by atoms with Crippen molar-refractivity contribution in [3.63, 3.8) is 0 Å². The SMILES string of the molecule is N=C(N)CCCCCC1C(=O)OC2Cc3ccc(-c4ccc(O)cc4)cc3C21. The maximum Gasteiger partial charge on any atom is 0.310 e. The third kappa shape index (κ3) is 3.61. The topological polar surface area (TPSA) is 96.4 Å². The summed E-state index contributed by atoms with van der Waals surface area (Å²) in [5, 5.41) is 16.8. The van der Waals surface area contributed by atoms with Gasteiger partial charge in [0.05, 0.1) is 11.8 Å². The lowest BCUT2D eigenvalue weighted by molar-refractivity contribution is -0.144. The van der Waals surface area contributed by atoms with Gasteiger partial charge in [0.2, 0.25) is 0 Å². The predicted molar refractivity (Wildman–Crippen MR) is 108 cm³/mol. The number of phenolic OH excluding ortho intramolecular Hbond substituents is 1. The number of unbranched alkanes of at least 4 members (excludes halogenated alkanes) is 2. The Morgan fingerprint density at radius 2 is 1.86 bits per heavy atom. The fraction of sp³-hybridized carbons (Fsp3) is 0.391. The predicted octanol–water partition coefficient (Wildman–Crippen LogP) is 4.13. The van der Waals surface area contributed by atoms with Gasteiger partial charge >= 0.3 is 5.97 Å². The molecule has 5 nitrogen and oxygen atoms in total. The first-order chi connectivity index (χ1) is 13.5. The summed E-state index contributed by atoms with van der Waals surface area (Å²) in [7, 11) is 0. The molecule has 1 fully saturated rings. The highest BCUT2D eigenvalue weighted by Gasteiger charge is 2.49. The number of nitrogens with one attached hydrogen (secondary N) is 1. The van der Waals surface area contributed by atoms with Crippen molar-refractivity contribution in [3.8, 4) is 16.9 Å². The van der Waals surface area contributed by atoms with E-state index < -0.39 is 0 Å². The first-order valence-electron chi connectivity index (χ1n) is 9.98. The number of ether oxygens (including phenoxy) is 1. The number of carbonyl (C=O) groups excluding carboxylic acids is 1. The molecule has 1 saturated heterocycles. The van der Waals surface area contributed by atoms with Crippen LogP contribution in [0, 0.1) is 11.3 Å². The molecule has 5 heteroatoms. The minimum Gasteiger partial charge on any atom is -0.508 e. The molecular weight excluding hydrogens is 352 g/mol. The van der Waals surface area contributed by atoms with Crippen molar-refractivity contribution in [3.05, 3.63) is 53.6 Å². The molecule has 0 radical (unpaired) electrons. The number of rotatable bonds is 7. The standard InChI is InChI=1S/C23H26N2O3/c24-21(25)5-3-1-2-4-18-22-19-12-15(14-8-10-17(26)11-9-14)6-7-16(19)13-20(22)28-23(18)27/h6-12,18,20,22,26H,1-5,13H2,(H3,24,25). The van der Waals surface area contributed by atoms with Crippen molar-refractivity contribution in [1.29, 1.82) is 5.41 Å². The minimum atomic E-state index is -0.0846. The van der Waals surface area contributed by atoms with Gasteiger partial charge in [-0.05, 0) is 47.2 Å². The Bertz CT molecular complexity index is 891. The number of hydrogen-bond acceptors (Lipinski definition) is 4. The Labute approximate surface area is 165 Å². The molecule has 1 heterocycles. The lowest BCUT2D eigenvalue weighted by atomic mass is 9.84. The van der Waals surface area contributed by atoms with Crippen LogP contribution in [-0.4, -0.2) is 23.0 Å². The van der Waals surface area contributed by atoms with Crippen molar-refractivity contribution >= 4 is 11.8 Å². The Kier molecular flexibility index (Phi) is 5.07. The second kappa shape index (κ2) is 7.66. The summed E-state index contributed by atoms with van der Waals surface area (Å²) >= 11 is 0. The van der Waals surface area contributed by atoms with E-state index in [0.717, 1.165) is 43.2 Å². The quantitative estimate of drug-likeness (QED) is 0.292. The fourth-order valence-corrected chi connectivity index (χ4v) is 4.60. The molecule has 3 unspecified atom stereocenters. The Morgan fingerprint density at radius 1 is 1.11 bits per heavy atom. The molecule has 2 aromatic carbocycles. The van der Waals surface area contributed by atoms with Crippen LogP contribution in [0.3, 0.4) is 0 Å². The molecule has 0 amide bonds. The number of fused-ring (bicyclic) bond motifs is 3. The summed E-state index contributed by atoms with van der Waals surface area (Å²) in [6, 6.07) is 13.6. The zero-order valence-electron chi connectivity index (χ0n) is 15.9. The Hall–Kier alpha value is -2.82. The number of nitrogens with two attached hydrogens (primary N) is 1. The van der Waals surface area contributed by atoms with E-state index in [4.69, 9.17) is 15.9 Å². The van der Waals surface area contributed by atoms with Gasteiger partial charge in [0.15, 0.2) is 0 Å². The van der Waals surface area contributed by atoms with Crippen LogP contribution >= 0.6 is 0 Å². The molecule has 0 saturated carbocycles. The second-order valence-corrected chi connectivity index (χ2v) is 7.90. The maximum atomic E-state index is 12.5. The molecular formula is C23H26N2O3. The normalized spacial score (nSPS) is 22.6. The number of amidine groups is 1. The van der Waals surface area contributed by atoms with Crippen LogP contribution in [-0.2, 0) is 16.0 Å². The van der Waals surface area contributed by atoms with Gasteiger partial charge in [0, 0.05) is 18.8 Å². The molecule has 4 rings (SSSR count). The molecule has 2 aromatic rings. The highest BCUT2D eigenvalue weighted by atomic mass is 16.6. The number of phenols is 1. The van der Waals surface area contributed by atoms with Crippen LogP contribution in [0.15, 0.2) is 42.5 Å². The van der Waals surface area contributed by atoms with Crippen LogP contribution in [0.2, 0.25) is 0 Å². The van der Waals surface area contributed by atoms with Crippen LogP contribution in [0.4, 0.5) is 0 Å². The van der Waals surface area contributed by atoms with Crippen molar-refractivity contribution < 1.29 is 14.6 Å². The van der Waals surface area contributed by atoms with E-state index in [1.165, 1.54) is 11.1 Å². The van der Waals surface area contributed by atoms with Crippen LogP contribution in [0.5, 0.6) is 5.75 Å². The number of aromatic hydroxyl groups is 1. The van der Waals surface area contributed by atoms with Gasteiger partial charge in [-0.15, -0.1) is 0 Å². The minimum absolute atomic E-state index is 0.0419. The first-order valence-corrected chi connectivity index (χ1v) is 9.98. The van der Waals surface area contributed by atoms with E-state index in [2.05, 4.69) is 18.2 Å². The van der Waals surface area contributed by atoms with Gasteiger partial charge < -0.3 is 15.6 Å². The summed E-state index contributed by atoms with van der Waals surface area (Å²) in [5.74, 6) is 0.463. The smallest absolute Gasteiger partial charge is 0.310 e. The van der Waals surface area contributed by atoms with E-state index in [0.29, 0.717) is 6.42 Å². The summed E-state index contributed by atoms with van der Waals surface area (Å²) in [6.45, 7) is 0. The third-order valence-electron chi connectivity index (χ3n) is 5.99. The molecule has 0 aromatic heterocycles. The number of carbonyl (C=O) groups is 1. The first kappa shape index (κ1) is 18.5. The van der Waals surface area contributed by atoms with E-state index in [9.17, 15) is 9.90 Å². The highest BCUT2D eigenvalue weighted by Crippen LogP contribution is 2.48. The van der Waals surface area contributed by atoms with E-state index in [1.807, 2.05) is 12.1 Å². The number of benzene rings is 2.